The number of carbonyl (C=O) groups excluding carboxylic acids is 1. The lowest BCUT2D eigenvalue weighted by Crippen LogP contribution is -2.33. The number of amides is 1. The lowest BCUT2D eigenvalue weighted by molar-refractivity contribution is 0.0687. The zero-order valence-corrected chi connectivity index (χ0v) is 9.87. The normalized spacial score (nSPS) is 14.0. The first-order valence-corrected chi connectivity index (χ1v) is 5.74. The Morgan fingerprint density at radius 1 is 1.50 bits per heavy atom. The molecule has 1 aromatic heterocycles. The number of carboxylic acid groups (broad SMARTS) is 1. The van der Waals surface area contributed by atoms with Gasteiger partial charge in [0.2, 0.25) is 0 Å². The molecule has 18 heavy (non-hydrogen) atoms. The van der Waals surface area contributed by atoms with E-state index in [0.717, 1.165) is 12.8 Å². The van der Waals surface area contributed by atoms with Gasteiger partial charge in [-0.15, -0.1) is 6.58 Å². The van der Waals surface area contributed by atoms with Crippen LogP contribution in [-0.4, -0.2) is 39.5 Å². The van der Waals surface area contributed by atoms with E-state index in [2.05, 4.69) is 11.6 Å². The first-order valence-electron chi connectivity index (χ1n) is 5.74. The van der Waals surface area contributed by atoms with E-state index >= 15 is 0 Å². The van der Waals surface area contributed by atoms with Crippen molar-refractivity contribution in [3.05, 3.63) is 42.2 Å². The average molecular weight is 246 g/mol. The van der Waals surface area contributed by atoms with Gasteiger partial charge in [0, 0.05) is 18.8 Å². The molecule has 0 aromatic carbocycles. The molecule has 1 saturated carbocycles. The molecule has 5 nitrogen and oxygen atoms in total. The molecule has 1 amide bonds. The average Bonchev–Trinajstić information content (AvgIpc) is 3.19. The van der Waals surface area contributed by atoms with E-state index in [1.807, 2.05) is 0 Å². The van der Waals surface area contributed by atoms with Crippen LogP contribution in [0.2, 0.25) is 0 Å². The summed E-state index contributed by atoms with van der Waals surface area (Å²) in [5, 5.41) is 8.73. The lowest BCUT2D eigenvalue weighted by Gasteiger charge is -2.20. The molecule has 2 rings (SSSR count). The molecule has 1 aliphatic carbocycles. The summed E-state index contributed by atoms with van der Waals surface area (Å²) in [6.45, 7) is 4.14. The third-order valence-electron chi connectivity index (χ3n) is 2.80. The molecule has 0 bridgehead atoms. The summed E-state index contributed by atoms with van der Waals surface area (Å²) in [7, 11) is 0. The molecular weight excluding hydrogens is 232 g/mol. The Bertz CT molecular complexity index is 478. The van der Waals surface area contributed by atoms with Crippen molar-refractivity contribution in [2.75, 3.05) is 6.54 Å². The maximum absolute atomic E-state index is 12.2. The summed E-state index contributed by atoms with van der Waals surface area (Å²) < 4.78 is 0. The maximum Gasteiger partial charge on any atom is 0.354 e. The molecule has 1 aliphatic rings. The zero-order chi connectivity index (χ0) is 13.1. The largest absolute Gasteiger partial charge is 0.477 e. The second-order valence-electron chi connectivity index (χ2n) is 4.21. The van der Waals surface area contributed by atoms with Gasteiger partial charge in [-0.05, 0) is 25.0 Å². The summed E-state index contributed by atoms with van der Waals surface area (Å²) >= 11 is 0. The molecule has 0 aliphatic heterocycles. The molecule has 1 N–H and O–H groups in total. The van der Waals surface area contributed by atoms with E-state index < -0.39 is 5.97 Å². The van der Waals surface area contributed by atoms with Crippen LogP contribution in [0.3, 0.4) is 0 Å². The van der Waals surface area contributed by atoms with Gasteiger partial charge in [-0.25, -0.2) is 9.78 Å². The number of nitrogens with zero attached hydrogens (tertiary/aromatic N) is 2. The van der Waals surface area contributed by atoms with Gasteiger partial charge in [-0.2, -0.15) is 0 Å². The molecule has 5 heteroatoms. The molecular formula is C13H14N2O3. The highest BCUT2D eigenvalue weighted by Crippen LogP contribution is 2.28. The summed E-state index contributed by atoms with van der Waals surface area (Å²) in [6, 6.07) is 3.13. The van der Waals surface area contributed by atoms with Crippen LogP contribution in [0.5, 0.6) is 0 Å². The van der Waals surface area contributed by atoms with E-state index in [0.29, 0.717) is 12.1 Å². The Morgan fingerprint density at radius 3 is 2.67 bits per heavy atom. The fraction of sp³-hybridized carbons (Fsp3) is 0.308. The van der Waals surface area contributed by atoms with Crippen LogP contribution in [0.1, 0.15) is 33.7 Å². The van der Waals surface area contributed by atoms with Gasteiger partial charge in [0.25, 0.3) is 5.91 Å². The zero-order valence-electron chi connectivity index (χ0n) is 9.87. The quantitative estimate of drug-likeness (QED) is 0.800. The van der Waals surface area contributed by atoms with Gasteiger partial charge in [0.15, 0.2) is 0 Å². The fourth-order valence-electron chi connectivity index (χ4n) is 1.74. The Balaban J connectivity index is 2.16. The first-order chi connectivity index (χ1) is 8.63. The van der Waals surface area contributed by atoms with E-state index in [1.54, 1.807) is 11.0 Å². The predicted molar refractivity (Wildman–Crippen MR) is 65.5 cm³/mol. The van der Waals surface area contributed by atoms with E-state index in [1.165, 1.54) is 18.3 Å². The molecule has 0 spiro atoms. The number of carboxylic acids is 1. The van der Waals surface area contributed by atoms with E-state index in [-0.39, 0.29) is 17.6 Å². The van der Waals surface area contributed by atoms with Crippen LogP contribution in [-0.2, 0) is 0 Å². The Labute approximate surface area is 105 Å². The topological polar surface area (TPSA) is 70.5 Å². The molecule has 0 saturated heterocycles. The fourth-order valence-corrected chi connectivity index (χ4v) is 1.74. The number of pyridine rings is 1. The molecule has 0 atom stereocenters. The van der Waals surface area contributed by atoms with Crippen molar-refractivity contribution in [3.8, 4) is 0 Å². The summed E-state index contributed by atoms with van der Waals surface area (Å²) in [5.41, 5.74) is 0.349. The van der Waals surface area contributed by atoms with Crippen molar-refractivity contribution in [2.24, 2.45) is 0 Å². The van der Waals surface area contributed by atoms with Crippen molar-refractivity contribution >= 4 is 11.9 Å². The summed E-state index contributed by atoms with van der Waals surface area (Å²) in [4.78, 5) is 28.3. The third kappa shape index (κ3) is 2.56. The first kappa shape index (κ1) is 12.3. The molecule has 1 aromatic rings. The highest BCUT2D eigenvalue weighted by atomic mass is 16.4. The van der Waals surface area contributed by atoms with Gasteiger partial charge in [-0.3, -0.25) is 4.79 Å². The van der Waals surface area contributed by atoms with Crippen LogP contribution in [0.15, 0.2) is 31.0 Å². The minimum atomic E-state index is -1.10. The van der Waals surface area contributed by atoms with Crippen LogP contribution in [0, 0.1) is 0 Å². The minimum absolute atomic E-state index is 0.0618. The van der Waals surface area contributed by atoms with Gasteiger partial charge in [0.05, 0.1) is 5.56 Å². The molecule has 94 valence electrons. The summed E-state index contributed by atoms with van der Waals surface area (Å²) in [5.74, 6) is -1.22. The number of aromatic carboxylic acids is 1. The van der Waals surface area contributed by atoms with Gasteiger partial charge < -0.3 is 10.0 Å². The predicted octanol–water partition coefficient (Wildman–Crippen LogP) is 1.57. The van der Waals surface area contributed by atoms with Crippen molar-refractivity contribution in [2.45, 2.75) is 18.9 Å². The lowest BCUT2D eigenvalue weighted by atomic mass is 10.2. The highest BCUT2D eigenvalue weighted by Gasteiger charge is 2.32. The smallest absolute Gasteiger partial charge is 0.354 e. The van der Waals surface area contributed by atoms with Gasteiger partial charge in [0.1, 0.15) is 5.69 Å². The Hall–Kier alpha value is -2.17. The minimum Gasteiger partial charge on any atom is -0.477 e. The second-order valence-corrected chi connectivity index (χ2v) is 4.21. The number of aromatic nitrogens is 1. The Kier molecular flexibility index (Phi) is 3.41. The number of carbonyl (C=O) groups is 2. The SMILES string of the molecule is C=CCN(C(=O)c1ccc(C(=O)O)nc1)C1CC1. The third-order valence-corrected chi connectivity index (χ3v) is 2.80. The van der Waals surface area contributed by atoms with Gasteiger partial charge in [-0.1, -0.05) is 6.08 Å². The Morgan fingerprint density at radius 2 is 2.22 bits per heavy atom. The number of rotatable bonds is 5. The number of hydrogen-bond donors (Lipinski definition) is 1. The van der Waals surface area contributed by atoms with E-state index in [4.69, 9.17) is 5.11 Å². The standard InChI is InChI=1S/C13H14N2O3/c1-2-7-15(10-4-5-10)12(16)9-3-6-11(13(17)18)14-8-9/h2-3,6,8,10H,1,4-5,7H2,(H,17,18). The molecule has 0 radical (unpaired) electrons. The molecule has 1 fully saturated rings. The van der Waals surface area contributed by atoms with Gasteiger partial charge >= 0.3 is 5.97 Å². The second kappa shape index (κ2) is 5.00. The van der Waals surface area contributed by atoms with Crippen molar-refractivity contribution in [1.82, 2.24) is 9.88 Å². The van der Waals surface area contributed by atoms with Crippen LogP contribution < -0.4 is 0 Å². The van der Waals surface area contributed by atoms with Crippen LogP contribution >= 0.6 is 0 Å². The van der Waals surface area contributed by atoms with Crippen LogP contribution in [0.4, 0.5) is 0 Å². The maximum atomic E-state index is 12.2. The summed E-state index contributed by atoms with van der Waals surface area (Å²) in [6.07, 6.45) is 5.03. The monoisotopic (exact) mass is 246 g/mol. The molecule has 1 heterocycles. The highest BCUT2D eigenvalue weighted by molar-refractivity contribution is 5.95. The van der Waals surface area contributed by atoms with Crippen LogP contribution in [0.25, 0.3) is 0 Å². The van der Waals surface area contributed by atoms with E-state index in [9.17, 15) is 9.59 Å². The van der Waals surface area contributed by atoms with Crippen molar-refractivity contribution < 1.29 is 14.7 Å². The van der Waals surface area contributed by atoms with Crippen molar-refractivity contribution in [3.63, 3.8) is 0 Å². The number of hydrogen-bond acceptors (Lipinski definition) is 3. The van der Waals surface area contributed by atoms with Crippen molar-refractivity contribution in [1.29, 1.82) is 0 Å². The molecule has 0 unspecified atom stereocenters.